The Hall–Kier alpha value is -2.45. The van der Waals surface area contributed by atoms with E-state index in [1.165, 1.54) is 36.1 Å². The Morgan fingerprint density at radius 1 is 1.17 bits per heavy atom. The number of nitrogens with zero attached hydrogens (tertiary/aromatic N) is 2. The van der Waals surface area contributed by atoms with Gasteiger partial charge in [-0.1, -0.05) is 30.7 Å². The van der Waals surface area contributed by atoms with Gasteiger partial charge in [0.1, 0.15) is 5.75 Å². The van der Waals surface area contributed by atoms with E-state index in [9.17, 15) is 13.2 Å². The lowest BCUT2D eigenvalue weighted by Crippen LogP contribution is -2.15. The molecule has 0 unspecified atom stereocenters. The van der Waals surface area contributed by atoms with Crippen LogP contribution < -0.4 is 9.54 Å². The van der Waals surface area contributed by atoms with Crippen LogP contribution in [-0.4, -0.2) is 31.8 Å². The number of aromatic nitrogens is 1. The molecule has 2 aromatic carbocycles. The second-order valence-corrected chi connectivity index (χ2v) is 10.2. The van der Waals surface area contributed by atoms with E-state index in [0.29, 0.717) is 10.6 Å². The molecule has 0 saturated carbocycles. The Morgan fingerprint density at radius 3 is 2.57 bits per heavy atom. The second kappa shape index (κ2) is 9.57. The van der Waals surface area contributed by atoms with Crippen molar-refractivity contribution < 1.29 is 17.9 Å². The van der Waals surface area contributed by atoms with Gasteiger partial charge < -0.3 is 9.30 Å². The summed E-state index contributed by atoms with van der Waals surface area (Å²) in [4.78, 5) is 17.3. The van der Waals surface area contributed by atoms with Crippen molar-refractivity contribution in [1.82, 2.24) is 4.57 Å². The smallest absolute Gasteiger partial charge is 0.249 e. The molecule has 0 radical (unpaired) electrons. The highest BCUT2D eigenvalue weighted by Crippen LogP contribution is 2.20. The van der Waals surface area contributed by atoms with E-state index in [2.05, 4.69) is 30.1 Å². The van der Waals surface area contributed by atoms with Gasteiger partial charge in [-0.3, -0.25) is 4.79 Å². The number of sulfone groups is 1. The fourth-order valence-electron chi connectivity index (χ4n) is 3.11. The van der Waals surface area contributed by atoms with E-state index < -0.39 is 15.7 Å². The van der Waals surface area contributed by atoms with Gasteiger partial charge in [0.15, 0.2) is 14.6 Å². The van der Waals surface area contributed by atoms with Crippen LogP contribution >= 0.6 is 11.3 Å². The van der Waals surface area contributed by atoms with E-state index >= 15 is 0 Å². The van der Waals surface area contributed by atoms with E-state index in [1.807, 2.05) is 11.6 Å². The molecule has 0 spiro atoms. The molecule has 0 atom stereocenters. The second-order valence-electron chi connectivity index (χ2n) is 7.10. The largest absolute Gasteiger partial charge is 0.497 e. The first-order valence-corrected chi connectivity index (χ1v) is 12.3. The molecule has 30 heavy (non-hydrogen) atoms. The molecule has 3 rings (SSSR count). The number of hydrogen-bond donors (Lipinski definition) is 0. The average molecular weight is 447 g/mol. The van der Waals surface area contributed by atoms with Gasteiger partial charge in [0.25, 0.3) is 0 Å². The monoisotopic (exact) mass is 446 g/mol. The summed E-state index contributed by atoms with van der Waals surface area (Å²) in [6, 6.07) is 12.4. The summed E-state index contributed by atoms with van der Waals surface area (Å²) in [6.45, 7) is 2.17. The number of ether oxygens (including phenoxy) is 1. The molecule has 0 aliphatic heterocycles. The maximum atomic E-state index is 12.5. The molecular formula is C22H26N2O4S2. The number of methoxy groups -OCH3 is 1. The molecule has 0 bridgehead atoms. The third-order valence-corrected chi connectivity index (χ3v) is 7.74. The lowest BCUT2D eigenvalue weighted by atomic mass is 10.1. The van der Waals surface area contributed by atoms with Gasteiger partial charge >= 0.3 is 0 Å². The van der Waals surface area contributed by atoms with Gasteiger partial charge in [-0.05, 0) is 54.8 Å². The number of unbranched alkanes of at least 4 members (excludes halogenated alkanes) is 1. The predicted octanol–water partition coefficient (Wildman–Crippen LogP) is 3.88. The number of carbonyl (C=O) groups excluding carboxylic acids is 1. The predicted molar refractivity (Wildman–Crippen MR) is 120 cm³/mol. The number of aryl methyl sites for hydroxylation is 2. The van der Waals surface area contributed by atoms with Crippen molar-refractivity contribution in [2.45, 2.75) is 37.5 Å². The summed E-state index contributed by atoms with van der Waals surface area (Å²) in [5.41, 5.74) is 2.28. The van der Waals surface area contributed by atoms with Gasteiger partial charge in [-0.2, -0.15) is 4.99 Å². The van der Waals surface area contributed by atoms with Crippen molar-refractivity contribution in [3.8, 4) is 5.75 Å². The van der Waals surface area contributed by atoms with E-state index in [0.717, 1.165) is 29.5 Å². The number of amides is 1. The standard InChI is InChI=1S/C22H26N2O4S2/c1-4-5-6-16-7-12-19-20(15-16)29-22(24(19)2)23-21(25)13-14-30(26,27)18-10-8-17(28-3)9-11-18/h7-12,15H,4-6,13-14H2,1-3H3. The molecule has 0 saturated heterocycles. The zero-order chi connectivity index (χ0) is 21.7. The average Bonchev–Trinajstić information content (AvgIpc) is 3.05. The van der Waals surface area contributed by atoms with Gasteiger partial charge in [-0.25, -0.2) is 8.42 Å². The van der Waals surface area contributed by atoms with Crippen molar-refractivity contribution in [3.63, 3.8) is 0 Å². The molecular weight excluding hydrogens is 420 g/mol. The molecule has 1 aromatic heterocycles. The number of carbonyl (C=O) groups is 1. The van der Waals surface area contributed by atoms with Crippen LogP contribution in [0, 0.1) is 0 Å². The maximum Gasteiger partial charge on any atom is 0.249 e. The molecule has 8 heteroatoms. The highest BCUT2D eigenvalue weighted by Gasteiger charge is 2.17. The van der Waals surface area contributed by atoms with E-state index in [1.54, 1.807) is 12.1 Å². The van der Waals surface area contributed by atoms with Crippen molar-refractivity contribution in [2.24, 2.45) is 12.0 Å². The van der Waals surface area contributed by atoms with Crippen LogP contribution in [0.15, 0.2) is 52.4 Å². The lowest BCUT2D eigenvalue weighted by Gasteiger charge is -2.04. The Morgan fingerprint density at radius 2 is 1.90 bits per heavy atom. The number of hydrogen-bond acceptors (Lipinski definition) is 5. The Kier molecular flexibility index (Phi) is 7.10. The lowest BCUT2D eigenvalue weighted by molar-refractivity contribution is -0.117. The van der Waals surface area contributed by atoms with Crippen molar-refractivity contribution in [2.75, 3.05) is 12.9 Å². The molecule has 3 aromatic rings. The number of benzene rings is 2. The summed E-state index contributed by atoms with van der Waals surface area (Å²) in [5.74, 6) is -0.146. The molecule has 1 heterocycles. The maximum absolute atomic E-state index is 12.5. The van der Waals surface area contributed by atoms with Gasteiger partial charge in [0, 0.05) is 13.5 Å². The number of thiazole rings is 1. The van der Waals surface area contributed by atoms with Gasteiger partial charge in [-0.15, -0.1) is 0 Å². The number of rotatable bonds is 8. The van der Waals surface area contributed by atoms with E-state index in [-0.39, 0.29) is 17.1 Å². The molecule has 0 aliphatic carbocycles. The zero-order valence-electron chi connectivity index (χ0n) is 17.4. The Bertz CT molecular complexity index is 1210. The quantitative estimate of drug-likeness (QED) is 0.526. The minimum absolute atomic E-state index is 0.162. The molecule has 0 aliphatic rings. The highest BCUT2D eigenvalue weighted by atomic mass is 32.2. The fraction of sp³-hybridized carbons (Fsp3) is 0.364. The summed E-state index contributed by atoms with van der Waals surface area (Å²) >= 11 is 1.45. The van der Waals surface area contributed by atoms with Crippen LogP contribution in [0.3, 0.4) is 0 Å². The summed E-state index contributed by atoms with van der Waals surface area (Å²) in [6.07, 6.45) is 3.15. The summed E-state index contributed by atoms with van der Waals surface area (Å²) in [5, 5.41) is 0. The minimum Gasteiger partial charge on any atom is -0.497 e. The van der Waals surface area contributed by atoms with Crippen molar-refractivity contribution in [3.05, 3.63) is 52.8 Å². The first-order valence-electron chi connectivity index (χ1n) is 9.87. The van der Waals surface area contributed by atoms with E-state index in [4.69, 9.17) is 4.74 Å². The molecule has 6 nitrogen and oxygen atoms in total. The van der Waals surface area contributed by atoms with Crippen LogP contribution in [0.5, 0.6) is 5.75 Å². The minimum atomic E-state index is -3.56. The Labute approximate surface area is 180 Å². The Balaban J connectivity index is 1.75. The van der Waals surface area contributed by atoms with Crippen LogP contribution in [0.2, 0.25) is 0 Å². The molecule has 1 amide bonds. The summed E-state index contributed by atoms with van der Waals surface area (Å²) < 4.78 is 33.0. The first-order chi connectivity index (χ1) is 14.3. The van der Waals surface area contributed by atoms with Crippen molar-refractivity contribution in [1.29, 1.82) is 0 Å². The normalized spacial score (nSPS) is 12.4. The van der Waals surface area contributed by atoms with Gasteiger partial charge in [0.05, 0.1) is 28.0 Å². The van der Waals surface area contributed by atoms with Crippen LogP contribution in [0.25, 0.3) is 10.2 Å². The SMILES string of the molecule is CCCCc1ccc2c(c1)sc(=NC(=O)CCS(=O)(=O)c1ccc(OC)cc1)n2C. The van der Waals surface area contributed by atoms with Crippen molar-refractivity contribution >= 4 is 37.3 Å². The zero-order valence-corrected chi connectivity index (χ0v) is 19.1. The van der Waals surface area contributed by atoms with Crippen LogP contribution in [0.1, 0.15) is 31.7 Å². The van der Waals surface area contributed by atoms with Gasteiger partial charge in [0.2, 0.25) is 5.91 Å². The first kappa shape index (κ1) is 22.2. The molecule has 0 fully saturated rings. The molecule has 160 valence electrons. The third kappa shape index (κ3) is 5.17. The molecule has 0 N–H and O–H groups in total. The fourth-order valence-corrected chi connectivity index (χ4v) is 5.44. The topological polar surface area (TPSA) is 77.7 Å². The number of fused-ring (bicyclic) bond motifs is 1. The van der Waals surface area contributed by atoms with Crippen LogP contribution in [0.4, 0.5) is 0 Å². The highest BCUT2D eigenvalue weighted by molar-refractivity contribution is 7.91. The third-order valence-electron chi connectivity index (χ3n) is 4.92. The summed E-state index contributed by atoms with van der Waals surface area (Å²) in [7, 11) is -0.178. The van der Waals surface area contributed by atoms with Crippen LogP contribution in [-0.2, 0) is 28.1 Å².